The van der Waals surface area contributed by atoms with E-state index in [1.54, 1.807) is 0 Å². The predicted octanol–water partition coefficient (Wildman–Crippen LogP) is 4.57. The van der Waals surface area contributed by atoms with Crippen LogP contribution in [0.3, 0.4) is 0 Å². The zero-order chi connectivity index (χ0) is 14.9. The number of rotatable bonds is 7. The lowest BCUT2D eigenvalue weighted by Crippen LogP contribution is -1.99. The van der Waals surface area contributed by atoms with Gasteiger partial charge in [-0.05, 0) is 54.5 Å². The number of nitrogens with zero attached hydrogens (tertiary/aromatic N) is 1. The molecule has 2 aromatic rings. The van der Waals surface area contributed by atoms with E-state index < -0.39 is 0 Å². The van der Waals surface area contributed by atoms with E-state index in [0.717, 1.165) is 35.8 Å². The van der Waals surface area contributed by atoms with Crippen molar-refractivity contribution in [2.75, 3.05) is 12.4 Å². The summed E-state index contributed by atoms with van der Waals surface area (Å²) in [5.74, 6) is 3.01. The van der Waals surface area contributed by atoms with Gasteiger partial charge in [-0.3, -0.25) is 0 Å². The molecule has 0 saturated heterocycles. The van der Waals surface area contributed by atoms with Crippen molar-refractivity contribution in [2.45, 2.75) is 19.1 Å². The molecule has 108 valence electrons. The molecule has 0 N–H and O–H groups in total. The van der Waals surface area contributed by atoms with Gasteiger partial charge in [0.1, 0.15) is 5.75 Å². The van der Waals surface area contributed by atoms with Crippen LogP contribution >= 0.6 is 11.8 Å². The Morgan fingerprint density at radius 3 is 2.67 bits per heavy atom. The molecule has 21 heavy (non-hydrogen) atoms. The van der Waals surface area contributed by atoms with Crippen LogP contribution in [-0.4, -0.2) is 12.4 Å². The number of hydrogen-bond acceptors (Lipinski definition) is 3. The maximum absolute atomic E-state index is 8.74. The highest BCUT2D eigenvalue weighted by Gasteiger charge is 1.97. The molecule has 2 aromatic carbocycles. The Kier molecular flexibility index (Phi) is 6.18. The predicted molar refractivity (Wildman–Crippen MR) is 88.6 cm³/mol. The molecule has 0 amide bonds. The van der Waals surface area contributed by atoms with Crippen LogP contribution < -0.4 is 4.74 Å². The Morgan fingerprint density at radius 1 is 1.14 bits per heavy atom. The van der Waals surface area contributed by atoms with E-state index in [1.807, 2.05) is 48.2 Å². The van der Waals surface area contributed by atoms with Crippen LogP contribution in [-0.2, 0) is 5.75 Å². The fraction of sp³-hybridized carbons (Fsp3) is 0.278. The fourth-order valence-corrected chi connectivity index (χ4v) is 2.82. The molecule has 0 aromatic heterocycles. The monoisotopic (exact) mass is 297 g/mol. The van der Waals surface area contributed by atoms with Crippen LogP contribution in [0.15, 0.2) is 48.5 Å². The molecule has 0 atom stereocenters. The van der Waals surface area contributed by atoms with Gasteiger partial charge < -0.3 is 4.74 Å². The van der Waals surface area contributed by atoms with Gasteiger partial charge in [0.15, 0.2) is 0 Å². The Balaban J connectivity index is 1.60. The van der Waals surface area contributed by atoms with Crippen molar-refractivity contribution < 1.29 is 4.74 Å². The molecule has 3 heteroatoms. The number of benzene rings is 2. The molecule has 0 aliphatic rings. The Bertz CT molecular complexity index is 601. The molecule has 0 radical (unpaired) electrons. The van der Waals surface area contributed by atoms with Crippen LogP contribution in [0, 0.1) is 18.3 Å². The largest absolute Gasteiger partial charge is 0.494 e. The quantitative estimate of drug-likeness (QED) is 0.702. The smallest absolute Gasteiger partial charge is 0.119 e. The van der Waals surface area contributed by atoms with E-state index in [-0.39, 0.29) is 0 Å². The SMILES string of the molecule is Cc1cccc(OCCCSCc2ccc(C#N)cc2)c1. The lowest BCUT2D eigenvalue weighted by atomic mass is 10.2. The van der Waals surface area contributed by atoms with E-state index in [0.29, 0.717) is 0 Å². The molecule has 0 aliphatic carbocycles. The van der Waals surface area contributed by atoms with Crippen molar-refractivity contribution in [3.05, 3.63) is 65.2 Å². The first-order valence-corrected chi connectivity index (χ1v) is 8.19. The van der Waals surface area contributed by atoms with Gasteiger partial charge in [-0.2, -0.15) is 17.0 Å². The molecule has 0 bridgehead atoms. The summed E-state index contributed by atoms with van der Waals surface area (Å²) in [4.78, 5) is 0. The highest BCUT2D eigenvalue weighted by atomic mass is 32.2. The van der Waals surface area contributed by atoms with Gasteiger partial charge in [0, 0.05) is 5.75 Å². The summed E-state index contributed by atoms with van der Waals surface area (Å²) < 4.78 is 5.72. The number of nitriles is 1. The first-order valence-electron chi connectivity index (χ1n) is 7.04. The summed E-state index contributed by atoms with van der Waals surface area (Å²) in [7, 11) is 0. The second-order valence-corrected chi connectivity index (χ2v) is 5.99. The minimum atomic E-state index is 0.718. The van der Waals surface area contributed by atoms with E-state index in [1.165, 1.54) is 11.1 Å². The average molecular weight is 297 g/mol. The second-order valence-electron chi connectivity index (χ2n) is 4.88. The summed E-state index contributed by atoms with van der Waals surface area (Å²) >= 11 is 1.90. The van der Waals surface area contributed by atoms with Gasteiger partial charge in [-0.15, -0.1) is 0 Å². The summed E-state index contributed by atoms with van der Waals surface area (Å²) in [5, 5.41) is 8.74. The highest BCUT2D eigenvalue weighted by molar-refractivity contribution is 7.98. The molecule has 2 nitrogen and oxygen atoms in total. The first kappa shape index (κ1) is 15.5. The van der Waals surface area contributed by atoms with Gasteiger partial charge in [0.05, 0.1) is 18.2 Å². The molecular weight excluding hydrogens is 278 g/mol. The zero-order valence-electron chi connectivity index (χ0n) is 12.2. The molecular formula is C18H19NOS. The molecule has 0 fully saturated rings. The standard InChI is InChI=1S/C18H19NOS/c1-15-4-2-5-18(12-15)20-10-3-11-21-14-17-8-6-16(13-19)7-9-17/h2,4-9,12H,3,10-11,14H2,1H3. The molecule has 0 saturated carbocycles. The zero-order valence-corrected chi connectivity index (χ0v) is 13.0. The number of ether oxygens (including phenoxy) is 1. The number of thioether (sulfide) groups is 1. The third kappa shape index (κ3) is 5.53. The van der Waals surface area contributed by atoms with Crippen molar-refractivity contribution >= 4 is 11.8 Å². The summed E-state index contributed by atoms with van der Waals surface area (Å²) in [6.07, 6.45) is 1.04. The lowest BCUT2D eigenvalue weighted by Gasteiger charge is -2.07. The van der Waals surface area contributed by atoms with Crippen molar-refractivity contribution in [3.8, 4) is 11.8 Å². The van der Waals surface area contributed by atoms with Crippen molar-refractivity contribution in [1.29, 1.82) is 5.26 Å². The molecule has 0 heterocycles. The molecule has 0 aliphatic heterocycles. The van der Waals surface area contributed by atoms with Crippen LogP contribution in [0.4, 0.5) is 0 Å². The highest BCUT2D eigenvalue weighted by Crippen LogP contribution is 2.15. The third-order valence-corrected chi connectivity index (χ3v) is 4.16. The summed E-state index contributed by atoms with van der Waals surface area (Å²) in [5.41, 5.74) is 3.21. The minimum absolute atomic E-state index is 0.718. The number of aryl methyl sites for hydroxylation is 1. The maximum atomic E-state index is 8.74. The molecule has 0 spiro atoms. The normalized spacial score (nSPS) is 10.1. The van der Waals surface area contributed by atoms with Crippen molar-refractivity contribution in [2.24, 2.45) is 0 Å². The van der Waals surface area contributed by atoms with E-state index in [4.69, 9.17) is 10.00 Å². The van der Waals surface area contributed by atoms with E-state index in [2.05, 4.69) is 25.1 Å². The summed E-state index contributed by atoms with van der Waals surface area (Å²) in [6, 6.07) is 18.1. The van der Waals surface area contributed by atoms with Gasteiger partial charge in [-0.25, -0.2) is 0 Å². The van der Waals surface area contributed by atoms with Gasteiger partial charge >= 0.3 is 0 Å². The maximum Gasteiger partial charge on any atom is 0.119 e. The van der Waals surface area contributed by atoms with Gasteiger partial charge in [0.2, 0.25) is 0 Å². The van der Waals surface area contributed by atoms with Crippen LogP contribution in [0.25, 0.3) is 0 Å². The Labute approximate surface area is 130 Å². The van der Waals surface area contributed by atoms with E-state index in [9.17, 15) is 0 Å². The third-order valence-electron chi connectivity index (χ3n) is 3.04. The lowest BCUT2D eigenvalue weighted by molar-refractivity contribution is 0.318. The minimum Gasteiger partial charge on any atom is -0.494 e. The van der Waals surface area contributed by atoms with E-state index >= 15 is 0 Å². The first-order chi connectivity index (χ1) is 10.3. The average Bonchev–Trinajstić information content (AvgIpc) is 2.51. The Morgan fingerprint density at radius 2 is 1.95 bits per heavy atom. The van der Waals surface area contributed by atoms with Gasteiger partial charge in [-0.1, -0.05) is 24.3 Å². The second kappa shape index (κ2) is 8.39. The van der Waals surface area contributed by atoms with Crippen LogP contribution in [0.5, 0.6) is 5.75 Å². The van der Waals surface area contributed by atoms with Crippen LogP contribution in [0.1, 0.15) is 23.1 Å². The number of hydrogen-bond donors (Lipinski definition) is 0. The molecule has 0 unspecified atom stereocenters. The fourth-order valence-electron chi connectivity index (χ4n) is 1.92. The topological polar surface area (TPSA) is 33.0 Å². The Hall–Kier alpha value is -1.92. The van der Waals surface area contributed by atoms with Crippen molar-refractivity contribution in [3.63, 3.8) is 0 Å². The van der Waals surface area contributed by atoms with Gasteiger partial charge in [0.25, 0.3) is 0 Å². The molecule has 2 rings (SSSR count). The van der Waals surface area contributed by atoms with Crippen molar-refractivity contribution in [1.82, 2.24) is 0 Å². The van der Waals surface area contributed by atoms with Crippen LogP contribution in [0.2, 0.25) is 0 Å². The summed E-state index contributed by atoms with van der Waals surface area (Å²) in [6.45, 7) is 2.82.